The van der Waals surface area contributed by atoms with Gasteiger partial charge in [-0.1, -0.05) is 0 Å². The molecule has 3 atom stereocenters. The fraction of sp³-hybridized carbons (Fsp3) is 0.833. The van der Waals surface area contributed by atoms with Crippen molar-refractivity contribution in [1.82, 2.24) is 19.6 Å². The second-order valence-electron chi connectivity index (χ2n) is 7.53. The lowest BCUT2D eigenvalue weighted by molar-refractivity contribution is -0.0101. The van der Waals surface area contributed by atoms with E-state index in [1.165, 1.54) is 18.4 Å². The smallest absolute Gasteiger partial charge is 0.0900 e. The quantitative estimate of drug-likeness (QED) is 0.779. The Morgan fingerprint density at radius 1 is 1.42 bits per heavy atom. The van der Waals surface area contributed by atoms with E-state index < -0.39 is 6.10 Å². The molecule has 0 radical (unpaired) electrons. The normalized spacial score (nSPS) is 24.0. The van der Waals surface area contributed by atoms with Crippen LogP contribution in [0.3, 0.4) is 0 Å². The van der Waals surface area contributed by atoms with E-state index in [0.29, 0.717) is 25.1 Å². The number of aliphatic hydroxyl groups is 1. The molecule has 2 heterocycles. The van der Waals surface area contributed by atoms with E-state index in [-0.39, 0.29) is 6.10 Å². The van der Waals surface area contributed by atoms with E-state index in [9.17, 15) is 5.11 Å². The molecular weight excluding hydrogens is 304 g/mol. The number of aliphatic hydroxyl groups excluding tert-OH is 1. The van der Waals surface area contributed by atoms with Crippen LogP contribution in [0, 0.1) is 5.92 Å². The number of likely N-dealkylation sites (tertiary alicyclic amines) is 1. The first-order chi connectivity index (χ1) is 11.4. The summed E-state index contributed by atoms with van der Waals surface area (Å²) in [6, 6.07) is 0.402. The number of likely N-dealkylation sites (N-methyl/N-ethyl adjacent to an activating group) is 1. The van der Waals surface area contributed by atoms with Crippen molar-refractivity contribution in [3.8, 4) is 0 Å². The molecule has 1 saturated heterocycles. The number of rotatable bonds is 8. The van der Waals surface area contributed by atoms with Gasteiger partial charge < -0.3 is 14.7 Å². The molecule has 1 N–H and O–H groups in total. The number of hydrogen-bond donors (Lipinski definition) is 1. The van der Waals surface area contributed by atoms with Crippen molar-refractivity contribution in [1.29, 1.82) is 0 Å². The molecule has 1 fully saturated rings. The molecule has 0 aliphatic carbocycles. The van der Waals surface area contributed by atoms with Crippen LogP contribution in [0.25, 0.3) is 0 Å². The van der Waals surface area contributed by atoms with Gasteiger partial charge in [0.05, 0.1) is 25.0 Å². The van der Waals surface area contributed by atoms with Crippen LogP contribution >= 0.6 is 0 Å². The number of aryl methyl sites for hydroxylation is 1. The molecule has 0 aromatic carbocycles. The molecule has 0 amide bonds. The first-order valence-electron chi connectivity index (χ1n) is 9.03. The van der Waals surface area contributed by atoms with Gasteiger partial charge in [-0.05, 0) is 53.2 Å². The molecule has 0 bridgehead atoms. The molecule has 2 rings (SSSR count). The molecule has 1 aliphatic rings. The Hall–Kier alpha value is -0.950. The molecule has 6 heteroatoms. The van der Waals surface area contributed by atoms with Crippen molar-refractivity contribution in [2.75, 3.05) is 40.3 Å². The highest BCUT2D eigenvalue weighted by atomic mass is 16.5. The van der Waals surface area contributed by atoms with E-state index in [1.807, 2.05) is 31.8 Å². The molecule has 138 valence electrons. The summed E-state index contributed by atoms with van der Waals surface area (Å²) in [5.41, 5.74) is 1.29. The number of piperidine rings is 1. The van der Waals surface area contributed by atoms with E-state index >= 15 is 0 Å². The standard InChI is InChI=1S/C18H34N4O2/c1-14(2)24-13-17(23)12-20(3)10-15-7-6-8-21(4)18(15)16-9-19-22(5)11-16/h9,11,14-15,17-18,23H,6-8,10,12-13H2,1-5H3/t15-,17+,18+/m0/s1. The van der Waals surface area contributed by atoms with Gasteiger partial charge in [-0.3, -0.25) is 9.58 Å². The summed E-state index contributed by atoms with van der Waals surface area (Å²) in [4.78, 5) is 4.68. The van der Waals surface area contributed by atoms with Gasteiger partial charge in [0.2, 0.25) is 0 Å². The largest absolute Gasteiger partial charge is 0.389 e. The average molecular weight is 338 g/mol. The van der Waals surface area contributed by atoms with E-state index in [0.717, 1.165) is 13.1 Å². The van der Waals surface area contributed by atoms with Crippen molar-refractivity contribution >= 4 is 0 Å². The fourth-order valence-electron chi connectivity index (χ4n) is 3.76. The average Bonchev–Trinajstić information content (AvgIpc) is 2.91. The summed E-state index contributed by atoms with van der Waals surface area (Å²) in [5, 5.41) is 14.5. The Morgan fingerprint density at radius 2 is 2.17 bits per heavy atom. The lowest BCUT2D eigenvalue weighted by Crippen LogP contribution is -2.43. The highest BCUT2D eigenvalue weighted by Gasteiger charge is 2.32. The molecule has 1 aromatic heterocycles. The molecule has 0 spiro atoms. The number of ether oxygens (including phenoxy) is 1. The van der Waals surface area contributed by atoms with Crippen LogP contribution in [-0.4, -0.2) is 77.2 Å². The minimum atomic E-state index is -0.435. The van der Waals surface area contributed by atoms with Gasteiger partial charge in [-0.15, -0.1) is 0 Å². The minimum Gasteiger partial charge on any atom is -0.389 e. The van der Waals surface area contributed by atoms with Crippen LogP contribution < -0.4 is 0 Å². The third-order valence-electron chi connectivity index (χ3n) is 4.76. The van der Waals surface area contributed by atoms with Crippen molar-refractivity contribution in [2.45, 2.75) is 44.9 Å². The minimum absolute atomic E-state index is 0.159. The second kappa shape index (κ2) is 8.94. The Morgan fingerprint density at radius 3 is 2.79 bits per heavy atom. The molecular formula is C18H34N4O2. The summed E-state index contributed by atoms with van der Waals surface area (Å²) in [6.45, 7) is 7.14. The maximum Gasteiger partial charge on any atom is 0.0900 e. The van der Waals surface area contributed by atoms with Gasteiger partial charge >= 0.3 is 0 Å². The summed E-state index contributed by atoms with van der Waals surface area (Å²) in [5.74, 6) is 0.552. The third kappa shape index (κ3) is 5.55. The predicted octanol–water partition coefficient (Wildman–Crippen LogP) is 1.52. The summed E-state index contributed by atoms with van der Waals surface area (Å²) >= 11 is 0. The van der Waals surface area contributed by atoms with E-state index in [2.05, 4.69) is 35.2 Å². The first kappa shape index (κ1) is 19.4. The topological polar surface area (TPSA) is 53.8 Å². The van der Waals surface area contributed by atoms with Crippen molar-refractivity contribution in [3.63, 3.8) is 0 Å². The van der Waals surface area contributed by atoms with Crippen LogP contribution in [0.2, 0.25) is 0 Å². The zero-order valence-corrected chi connectivity index (χ0v) is 15.9. The Labute approximate surface area is 146 Å². The van der Waals surface area contributed by atoms with Gasteiger partial charge in [0.1, 0.15) is 0 Å². The zero-order chi connectivity index (χ0) is 17.7. The monoisotopic (exact) mass is 338 g/mol. The number of aromatic nitrogens is 2. The second-order valence-corrected chi connectivity index (χ2v) is 7.53. The number of nitrogens with zero attached hydrogens (tertiary/aromatic N) is 4. The van der Waals surface area contributed by atoms with Crippen molar-refractivity contribution < 1.29 is 9.84 Å². The number of hydrogen-bond acceptors (Lipinski definition) is 5. The maximum atomic E-state index is 10.1. The molecule has 6 nitrogen and oxygen atoms in total. The van der Waals surface area contributed by atoms with Gasteiger partial charge in [-0.25, -0.2) is 0 Å². The van der Waals surface area contributed by atoms with Crippen LogP contribution in [0.15, 0.2) is 12.4 Å². The van der Waals surface area contributed by atoms with Crippen molar-refractivity contribution in [2.24, 2.45) is 13.0 Å². The Kier molecular flexibility index (Phi) is 7.22. The zero-order valence-electron chi connectivity index (χ0n) is 15.9. The van der Waals surface area contributed by atoms with E-state index in [4.69, 9.17) is 4.74 Å². The van der Waals surface area contributed by atoms with Gasteiger partial charge in [-0.2, -0.15) is 5.10 Å². The SMILES string of the molecule is CC(C)OC[C@H](O)CN(C)C[C@@H]1CCCN(C)[C@H]1c1cnn(C)c1. The third-order valence-corrected chi connectivity index (χ3v) is 4.76. The Balaban J connectivity index is 1.92. The molecule has 0 saturated carbocycles. The van der Waals surface area contributed by atoms with Crippen LogP contribution in [-0.2, 0) is 11.8 Å². The van der Waals surface area contributed by atoms with Crippen LogP contribution in [0.5, 0.6) is 0 Å². The van der Waals surface area contributed by atoms with Gasteiger partial charge in [0.25, 0.3) is 0 Å². The molecule has 24 heavy (non-hydrogen) atoms. The lowest BCUT2D eigenvalue weighted by atomic mass is 9.85. The first-order valence-corrected chi connectivity index (χ1v) is 9.03. The molecule has 1 aliphatic heterocycles. The van der Waals surface area contributed by atoms with Gasteiger partial charge in [0.15, 0.2) is 0 Å². The molecule has 1 aromatic rings. The predicted molar refractivity (Wildman–Crippen MR) is 95.9 cm³/mol. The fourth-order valence-corrected chi connectivity index (χ4v) is 3.76. The summed E-state index contributed by atoms with van der Waals surface area (Å²) in [7, 11) is 6.27. The highest BCUT2D eigenvalue weighted by Crippen LogP contribution is 2.35. The lowest BCUT2D eigenvalue weighted by Gasteiger charge is -2.40. The Bertz CT molecular complexity index is 491. The van der Waals surface area contributed by atoms with Gasteiger partial charge in [0, 0.05) is 37.9 Å². The summed E-state index contributed by atoms with van der Waals surface area (Å²) < 4.78 is 7.39. The molecule has 0 unspecified atom stereocenters. The summed E-state index contributed by atoms with van der Waals surface area (Å²) in [6.07, 6.45) is 6.29. The van der Waals surface area contributed by atoms with Crippen LogP contribution in [0.4, 0.5) is 0 Å². The maximum absolute atomic E-state index is 10.1. The highest BCUT2D eigenvalue weighted by molar-refractivity contribution is 5.13. The van der Waals surface area contributed by atoms with Crippen molar-refractivity contribution in [3.05, 3.63) is 18.0 Å². The van der Waals surface area contributed by atoms with E-state index in [1.54, 1.807) is 0 Å². The van der Waals surface area contributed by atoms with Crippen LogP contribution in [0.1, 0.15) is 38.3 Å².